The third kappa shape index (κ3) is 2.63. The molecule has 102 valence electrons. The molecule has 0 aliphatic carbocycles. The first kappa shape index (κ1) is 13.2. The van der Waals surface area contributed by atoms with E-state index in [2.05, 4.69) is 15.1 Å². The molecule has 19 heavy (non-hydrogen) atoms. The van der Waals surface area contributed by atoms with Gasteiger partial charge in [0.05, 0.1) is 5.69 Å². The Morgan fingerprint density at radius 2 is 2.21 bits per heavy atom. The number of H-pyrrole nitrogens is 1. The molecule has 2 aromatic heterocycles. The second-order valence-electron chi connectivity index (χ2n) is 4.11. The molecule has 2 heterocycles. The smallest absolute Gasteiger partial charge is 0.303 e. The lowest BCUT2D eigenvalue weighted by molar-refractivity contribution is -0.136. The fraction of sp³-hybridized carbons (Fsp3) is 0.455. The SMILES string of the molecule is COCc1nc2nc(C)c(CCC(=O)O)c(=O)n2[nH]1. The highest BCUT2D eigenvalue weighted by Gasteiger charge is 2.14. The van der Waals surface area contributed by atoms with Gasteiger partial charge in [-0.3, -0.25) is 14.7 Å². The average molecular weight is 266 g/mol. The highest BCUT2D eigenvalue weighted by molar-refractivity contribution is 5.67. The lowest BCUT2D eigenvalue weighted by Crippen LogP contribution is -2.22. The van der Waals surface area contributed by atoms with Crippen LogP contribution in [0.15, 0.2) is 4.79 Å². The third-order valence-electron chi connectivity index (χ3n) is 2.71. The lowest BCUT2D eigenvalue weighted by atomic mass is 10.1. The summed E-state index contributed by atoms with van der Waals surface area (Å²) in [6, 6.07) is 0. The summed E-state index contributed by atoms with van der Waals surface area (Å²) in [7, 11) is 1.52. The average Bonchev–Trinajstić information content (AvgIpc) is 2.71. The van der Waals surface area contributed by atoms with E-state index < -0.39 is 5.97 Å². The fourth-order valence-corrected chi connectivity index (χ4v) is 1.82. The van der Waals surface area contributed by atoms with Crippen LogP contribution in [0.5, 0.6) is 0 Å². The zero-order valence-corrected chi connectivity index (χ0v) is 10.6. The minimum atomic E-state index is -0.950. The minimum Gasteiger partial charge on any atom is -0.481 e. The number of methoxy groups -OCH3 is 1. The number of aromatic amines is 1. The van der Waals surface area contributed by atoms with Gasteiger partial charge in [0.15, 0.2) is 5.82 Å². The van der Waals surface area contributed by atoms with E-state index in [1.54, 1.807) is 6.92 Å². The van der Waals surface area contributed by atoms with Crippen LogP contribution in [0.3, 0.4) is 0 Å². The van der Waals surface area contributed by atoms with Gasteiger partial charge in [-0.25, -0.2) is 4.98 Å². The molecule has 2 aromatic rings. The molecule has 0 radical (unpaired) electrons. The van der Waals surface area contributed by atoms with Crippen molar-refractivity contribution in [2.45, 2.75) is 26.4 Å². The van der Waals surface area contributed by atoms with Crippen LogP contribution in [-0.4, -0.2) is 37.8 Å². The number of carbonyl (C=O) groups is 1. The Morgan fingerprint density at radius 3 is 2.84 bits per heavy atom. The van der Waals surface area contributed by atoms with Crippen molar-refractivity contribution in [1.29, 1.82) is 0 Å². The Balaban J connectivity index is 2.48. The number of nitrogens with zero attached hydrogens (tertiary/aromatic N) is 3. The Kier molecular flexibility index (Phi) is 3.61. The number of nitrogens with one attached hydrogen (secondary N) is 1. The van der Waals surface area contributed by atoms with Gasteiger partial charge in [0.2, 0.25) is 0 Å². The molecule has 0 saturated carbocycles. The highest BCUT2D eigenvalue weighted by Crippen LogP contribution is 2.05. The number of carboxylic acids is 1. The molecule has 0 spiro atoms. The maximum Gasteiger partial charge on any atom is 0.303 e. The van der Waals surface area contributed by atoms with Crippen molar-refractivity contribution in [2.75, 3.05) is 7.11 Å². The predicted octanol–water partition coefficient (Wildman–Crippen LogP) is -0.110. The quantitative estimate of drug-likeness (QED) is 0.781. The summed E-state index contributed by atoms with van der Waals surface area (Å²) in [5.74, 6) is -0.205. The first-order valence-corrected chi connectivity index (χ1v) is 5.70. The first-order valence-electron chi connectivity index (χ1n) is 5.70. The van der Waals surface area contributed by atoms with Crippen molar-refractivity contribution >= 4 is 11.7 Å². The fourth-order valence-electron chi connectivity index (χ4n) is 1.82. The number of aromatic nitrogens is 4. The number of fused-ring (bicyclic) bond motifs is 1. The first-order chi connectivity index (χ1) is 9.02. The summed E-state index contributed by atoms with van der Waals surface area (Å²) in [5, 5.41) is 11.5. The minimum absolute atomic E-state index is 0.108. The van der Waals surface area contributed by atoms with Crippen LogP contribution in [0, 0.1) is 6.92 Å². The number of rotatable bonds is 5. The van der Waals surface area contributed by atoms with Crippen LogP contribution < -0.4 is 5.56 Å². The molecule has 8 heteroatoms. The van der Waals surface area contributed by atoms with Crippen LogP contribution in [0.25, 0.3) is 5.78 Å². The van der Waals surface area contributed by atoms with E-state index in [9.17, 15) is 9.59 Å². The molecule has 0 atom stereocenters. The lowest BCUT2D eigenvalue weighted by Gasteiger charge is -2.02. The van der Waals surface area contributed by atoms with Gasteiger partial charge in [-0.05, 0) is 13.3 Å². The summed E-state index contributed by atoms with van der Waals surface area (Å²) in [6.45, 7) is 1.91. The van der Waals surface area contributed by atoms with Gasteiger partial charge >= 0.3 is 5.97 Å². The highest BCUT2D eigenvalue weighted by atomic mass is 16.5. The molecular weight excluding hydrogens is 252 g/mol. The third-order valence-corrected chi connectivity index (χ3v) is 2.71. The summed E-state index contributed by atoms with van der Waals surface area (Å²) >= 11 is 0. The molecule has 2 N–H and O–H groups in total. The molecular formula is C11H14N4O4. The Morgan fingerprint density at radius 1 is 1.47 bits per heavy atom. The van der Waals surface area contributed by atoms with E-state index in [-0.39, 0.29) is 30.8 Å². The zero-order chi connectivity index (χ0) is 14.0. The summed E-state index contributed by atoms with van der Waals surface area (Å²) < 4.78 is 6.13. The number of aliphatic carboxylic acids is 1. The van der Waals surface area contributed by atoms with E-state index in [1.165, 1.54) is 11.6 Å². The van der Waals surface area contributed by atoms with Crippen LogP contribution in [-0.2, 0) is 22.6 Å². The largest absolute Gasteiger partial charge is 0.481 e. The van der Waals surface area contributed by atoms with E-state index in [4.69, 9.17) is 9.84 Å². The number of hydrogen-bond acceptors (Lipinski definition) is 5. The van der Waals surface area contributed by atoms with Crippen molar-refractivity contribution in [3.05, 3.63) is 27.4 Å². The van der Waals surface area contributed by atoms with E-state index in [0.717, 1.165) is 0 Å². The molecule has 0 unspecified atom stereocenters. The molecule has 0 aliphatic heterocycles. The van der Waals surface area contributed by atoms with E-state index in [1.807, 2.05) is 0 Å². The molecule has 0 saturated heterocycles. The Bertz CT molecular complexity index is 673. The number of ether oxygens (including phenoxy) is 1. The number of hydrogen-bond donors (Lipinski definition) is 2. The monoisotopic (exact) mass is 266 g/mol. The zero-order valence-electron chi connectivity index (χ0n) is 10.6. The Labute approximate surface area is 108 Å². The van der Waals surface area contributed by atoms with E-state index >= 15 is 0 Å². The van der Waals surface area contributed by atoms with E-state index in [0.29, 0.717) is 17.1 Å². The normalized spacial score (nSPS) is 11.1. The van der Waals surface area contributed by atoms with Crippen molar-refractivity contribution in [3.63, 3.8) is 0 Å². The van der Waals surface area contributed by atoms with Crippen molar-refractivity contribution in [1.82, 2.24) is 19.6 Å². The summed E-state index contributed by atoms with van der Waals surface area (Å²) in [5.41, 5.74) is 0.563. The molecule has 0 fully saturated rings. The summed E-state index contributed by atoms with van der Waals surface area (Å²) in [4.78, 5) is 31.1. The van der Waals surface area contributed by atoms with Gasteiger partial charge < -0.3 is 9.84 Å². The van der Waals surface area contributed by atoms with Crippen LogP contribution in [0.1, 0.15) is 23.5 Å². The standard InChI is InChI=1S/C11H14N4O4/c1-6-7(3-4-9(16)17)10(18)15-11(12-6)13-8(14-15)5-19-2/h3-5H2,1-2H3,(H,16,17)(H,12,13,14). The second-order valence-corrected chi connectivity index (χ2v) is 4.11. The number of carboxylic acid groups (broad SMARTS) is 1. The molecule has 0 aliphatic rings. The van der Waals surface area contributed by atoms with Gasteiger partial charge in [-0.2, -0.15) is 9.50 Å². The van der Waals surface area contributed by atoms with Gasteiger partial charge in [-0.15, -0.1) is 0 Å². The molecule has 0 bridgehead atoms. The topological polar surface area (TPSA) is 110 Å². The van der Waals surface area contributed by atoms with Crippen molar-refractivity contribution in [3.8, 4) is 0 Å². The second kappa shape index (κ2) is 5.19. The van der Waals surface area contributed by atoms with Gasteiger partial charge in [0.1, 0.15) is 6.61 Å². The molecule has 8 nitrogen and oxygen atoms in total. The molecule has 0 aromatic carbocycles. The Hall–Kier alpha value is -2.22. The molecule has 2 rings (SSSR count). The van der Waals surface area contributed by atoms with Crippen LogP contribution >= 0.6 is 0 Å². The van der Waals surface area contributed by atoms with Crippen molar-refractivity contribution in [2.24, 2.45) is 0 Å². The maximum atomic E-state index is 12.2. The maximum absolute atomic E-state index is 12.2. The van der Waals surface area contributed by atoms with Crippen LogP contribution in [0.4, 0.5) is 0 Å². The van der Waals surface area contributed by atoms with Crippen molar-refractivity contribution < 1.29 is 14.6 Å². The summed E-state index contributed by atoms with van der Waals surface area (Å²) in [6.07, 6.45) is 0.0391. The van der Waals surface area contributed by atoms with Gasteiger partial charge in [-0.1, -0.05) is 0 Å². The molecule has 0 amide bonds. The number of aryl methyl sites for hydroxylation is 1. The van der Waals surface area contributed by atoms with Gasteiger partial charge in [0, 0.05) is 19.1 Å². The van der Waals surface area contributed by atoms with Gasteiger partial charge in [0.25, 0.3) is 11.3 Å². The predicted molar refractivity (Wildman–Crippen MR) is 65.0 cm³/mol. The van der Waals surface area contributed by atoms with Crippen LogP contribution in [0.2, 0.25) is 0 Å².